The topological polar surface area (TPSA) is 83.5 Å². The van der Waals surface area contributed by atoms with Crippen LogP contribution in [0.15, 0.2) is 23.1 Å². The van der Waals surface area contributed by atoms with Crippen LogP contribution >= 0.6 is 11.3 Å². The van der Waals surface area contributed by atoms with E-state index >= 15 is 0 Å². The third-order valence-electron chi connectivity index (χ3n) is 3.00. The molecule has 0 saturated heterocycles. The first-order valence-electron chi connectivity index (χ1n) is 5.98. The number of hydrogen-bond acceptors (Lipinski definition) is 4. The highest BCUT2D eigenvalue weighted by atomic mass is 32.2. The van der Waals surface area contributed by atoms with Gasteiger partial charge < -0.3 is 5.11 Å². The fourth-order valence-corrected chi connectivity index (χ4v) is 5.09. The third-order valence-corrected chi connectivity index (χ3v) is 6.12. The lowest BCUT2D eigenvalue weighted by atomic mass is 10.2. The van der Waals surface area contributed by atoms with Crippen LogP contribution in [0.1, 0.15) is 17.4 Å². The van der Waals surface area contributed by atoms with Gasteiger partial charge in [0, 0.05) is 15.0 Å². The zero-order chi connectivity index (χ0) is 15.1. The molecule has 0 radical (unpaired) electrons. The number of carboxylic acids is 1. The van der Waals surface area contributed by atoms with Crippen LogP contribution in [0, 0.1) is 13.8 Å². The molecule has 0 spiro atoms. The van der Waals surface area contributed by atoms with Crippen LogP contribution in [0.3, 0.4) is 0 Å². The van der Waals surface area contributed by atoms with Gasteiger partial charge in [-0.25, -0.2) is 8.42 Å². The van der Waals surface area contributed by atoms with Crippen molar-refractivity contribution >= 4 is 37.4 Å². The molecule has 2 rings (SSSR count). The molecule has 2 aromatic rings. The van der Waals surface area contributed by atoms with Crippen molar-refractivity contribution in [2.75, 3.05) is 0 Å². The molecule has 5 nitrogen and oxygen atoms in total. The molecule has 0 bridgehead atoms. The van der Waals surface area contributed by atoms with Crippen molar-refractivity contribution in [1.29, 1.82) is 0 Å². The van der Waals surface area contributed by atoms with E-state index in [2.05, 4.69) is 4.72 Å². The predicted octanol–water partition coefficient (Wildman–Crippen LogP) is 2.27. The van der Waals surface area contributed by atoms with E-state index in [0.29, 0.717) is 10.3 Å². The number of aryl methyl sites for hydroxylation is 2. The highest BCUT2D eigenvalue weighted by Crippen LogP contribution is 2.35. The molecule has 0 amide bonds. The molecule has 20 heavy (non-hydrogen) atoms. The van der Waals surface area contributed by atoms with Gasteiger partial charge in [0.15, 0.2) is 0 Å². The highest BCUT2D eigenvalue weighted by molar-refractivity contribution is 7.90. The van der Waals surface area contributed by atoms with Crippen molar-refractivity contribution in [2.45, 2.75) is 31.7 Å². The molecule has 108 valence electrons. The van der Waals surface area contributed by atoms with Gasteiger partial charge in [0.05, 0.1) is 0 Å². The number of sulfonamides is 1. The summed E-state index contributed by atoms with van der Waals surface area (Å²) < 4.78 is 27.9. The van der Waals surface area contributed by atoms with E-state index in [9.17, 15) is 13.2 Å². The first-order valence-corrected chi connectivity index (χ1v) is 8.28. The molecule has 1 aromatic carbocycles. The summed E-state index contributed by atoms with van der Waals surface area (Å²) in [6.45, 7) is 4.95. The summed E-state index contributed by atoms with van der Waals surface area (Å²) in [6, 6.07) is 4.29. The molecule has 1 heterocycles. The Morgan fingerprint density at radius 1 is 1.35 bits per heavy atom. The minimum absolute atomic E-state index is 0.175. The van der Waals surface area contributed by atoms with Gasteiger partial charge >= 0.3 is 5.97 Å². The molecule has 0 aliphatic rings. The maximum atomic E-state index is 12.4. The van der Waals surface area contributed by atoms with E-state index in [1.165, 1.54) is 18.3 Å². The Bertz CT molecular complexity index is 777. The monoisotopic (exact) mass is 313 g/mol. The Hall–Kier alpha value is -1.44. The fourth-order valence-electron chi connectivity index (χ4n) is 2.03. The molecule has 1 aromatic heterocycles. The molecular formula is C13H15NO4S2. The zero-order valence-electron chi connectivity index (χ0n) is 11.3. The Kier molecular flexibility index (Phi) is 3.86. The van der Waals surface area contributed by atoms with Crippen molar-refractivity contribution in [3.05, 3.63) is 28.6 Å². The van der Waals surface area contributed by atoms with Crippen LogP contribution in [-0.2, 0) is 14.8 Å². The Balaban J connectivity index is 2.60. The van der Waals surface area contributed by atoms with Crippen LogP contribution in [0.4, 0.5) is 0 Å². The zero-order valence-corrected chi connectivity index (χ0v) is 12.9. The van der Waals surface area contributed by atoms with E-state index in [1.54, 1.807) is 19.1 Å². The number of rotatable bonds is 4. The lowest BCUT2D eigenvalue weighted by molar-refractivity contribution is -0.138. The second kappa shape index (κ2) is 5.16. The van der Waals surface area contributed by atoms with Gasteiger partial charge in [0.2, 0.25) is 10.0 Å². The summed E-state index contributed by atoms with van der Waals surface area (Å²) in [5.41, 5.74) is 1.00. The summed E-state index contributed by atoms with van der Waals surface area (Å²) in [7, 11) is -3.86. The maximum Gasteiger partial charge on any atom is 0.321 e. The summed E-state index contributed by atoms with van der Waals surface area (Å²) in [6.07, 6.45) is 0. The first-order chi connectivity index (χ1) is 9.24. The normalized spacial score (nSPS) is 13.6. The number of benzene rings is 1. The van der Waals surface area contributed by atoms with Crippen LogP contribution < -0.4 is 4.72 Å². The van der Waals surface area contributed by atoms with Crippen molar-refractivity contribution in [3.8, 4) is 0 Å². The van der Waals surface area contributed by atoms with Crippen LogP contribution in [0.5, 0.6) is 0 Å². The molecule has 2 N–H and O–H groups in total. The summed E-state index contributed by atoms with van der Waals surface area (Å²) in [4.78, 5) is 11.7. The smallest absolute Gasteiger partial charge is 0.321 e. The van der Waals surface area contributed by atoms with E-state index in [-0.39, 0.29) is 4.90 Å². The molecule has 7 heteroatoms. The first kappa shape index (κ1) is 15.0. The maximum absolute atomic E-state index is 12.4. The molecule has 0 saturated carbocycles. The van der Waals surface area contributed by atoms with Crippen molar-refractivity contribution < 1.29 is 18.3 Å². The summed E-state index contributed by atoms with van der Waals surface area (Å²) in [5, 5.41) is 9.48. The summed E-state index contributed by atoms with van der Waals surface area (Å²) in [5.74, 6) is -1.21. The predicted molar refractivity (Wildman–Crippen MR) is 78.7 cm³/mol. The minimum atomic E-state index is -3.86. The highest BCUT2D eigenvalue weighted by Gasteiger charge is 2.26. The average molecular weight is 313 g/mol. The van der Waals surface area contributed by atoms with E-state index in [0.717, 1.165) is 10.3 Å². The summed E-state index contributed by atoms with van der Waals surface area (Å²) >= 11 is 1.40. The van der Waals surface area contributed by atoms with Gasteiger partial charge in [-0.05, 0) is 26.3 Å². The Morgan fingerprint density at radius 3 is 2.60 bits per heavy atom. The largest absolute Gasteiger partial charge is 0.480 e. The van der Waals surface area contributed by atoms with E-state index in [1.807, 2.05) is 13.0 Å². The number of fused-ring (bicyclic) bond motifs is 1. The lowest BCUT2D eigenvalue weighted by Crippen LogP contribution is -2.38. The molecule has 0 unspecified atom stereocenters. The fraction of sp³-hybridized carbons (Fsp3) is 0.308. The van der Waals surface area contributed by atoms with Crippen molar-refractivity contribution in [2.24, 2.45) is 0 Å². The number of nitrogens with one attached hydrogen (secondary N) is 1. The van der Waals surface area contributed by atoms with Gasteiger partial charge in [-0.15, -0.1) is 11.3 Å². The second-order valence-electron chi connectivity index (χ2n) is 4.62. The van der Waals surface area contributed by atoms with Crippen molar-refractivity contribution in [3.63, 3.8) is 0 Å². The van der Waals surface area contributed by atoms with Gasteiger partial charge in [0.1, 0.15) is 10.9 Å². The Labute approximate surface area is 121 Å². The average Bonchev–Trinajstić information content (AvgIpc) is 2.66. The van der Waals surface area contributed by atoms with Crippen LogP contribution in [0.2, 0.25) is 0 Å². The number of carbonyl (C=O) groups is 1. The lowest BCUT2D eigenvalue weighted by Gasteiger charge is -2.10. The molecule has 1 atom stereocenters. The van der Waals surface area contributed by atoms with Gasteiger partial charge in [-0.1, -0.05) is 18.2 Å². The van der Waals surface area contributed by atoms with Crippen LogP contribution in [0.25, 0.3) is 10.1 Å². The molecular weight excluding hydrogens is 298 g/mol. The number of thiophene rings is 1. The number of hydrogen-bond donors (Lipinski definition) is 2. The van der Waals surface area contributed by atoms with E-state index < -0.39 is 22.0 Å². The van der Waals surface area contributed by atoms with Gasteiger partial charge in [-0.2, -0.15) is 4.72 Å². The Morgan fingerprint density at radius 2 is 2.00 bits per heavy atom. The standard InChI is InChI=1S/C13H15NO4S2/c1-7-5-4-6-10-11(7)19-9(3)12(10)20(17,18)14-8(2)13(15)16/h4-6,8,14H,1-3H3,(H,15,16)/t8-/m0/s1. The van der Waals surface area contributed by atoms with E-state index in [4.69, 9.17) is 5.11 Å². The van der Waals surface area contributed by atoms with Crippen molar-refractivity contribution in [1.82, 2.24) is 4.72 Å². The van der Waals surface area contributed by atoms with Gasteiger partial charge in [0.25, 0.3) is 0 Å². The van der Waals surface area contributed by atoms with Crippen LogP contribution in [-0.4, -0.2) is 25.5 Å². The molecule has 0 fully saturated rings. The number of carboxylic acid groups (broad SMARTS) is 1. The molecule has 0 aliphatic heterocycles. The number of aliphatic carboxylic acids is 1. The molecule has 0 aliphatic carbocycles. The minimum Gasteiger partial charge on any atom is -0.480 e. The SMILES string of the molecule is Cc1sc2c(C)cccc2c1S(=O)(=O)N[C@@H](C)C(=O)O. The third kappa shape index (κ3) is 2.56. The quantitative estimate of drug-likeness (QED) is 0.907. The van der Waals surface area contributed by atoms with Gasteiger partial charge in [-0.3, -0.25) is 4.79 Å². The second-order valence-corrected chi connectivity index (χ2v) is 7.50.